The van der Waals surface area contributed by atoms with Gasteiger partial charge in [-0.15, -0.1) is 0 Å². The van der Waals surface area contributed by atoms with E-state index in [4.69, 9.17) is 4.74 Å². The molecule has 1 N–H and O–H groups in total. The van der Waals surface area contributed by atoms with Crippen molar-refractivity contribution in [3.63, 3.8) is 0 Å². The molecule has 14 heavy (non-hydrogen) atoms. The molecule has 1 aliphatic heterocycles. The summed E-state index contributed by atoms with van der Waals surface area (Å²) in [6, 6.07) is 0.707. The summed E-state index contributed by atoms with van der Waals surface area (Å²) in [4.78, 5) is 2.35. The maximum Gasteiger partial charge on any atom is 0.0596 e. The summed E-state index contributed by atoms with van der Waals surface area (Å²) in [5, 5.41) is 3.50. The molecule has 0 saturated carbocycles. The number of hydrogen-bond acceptors (Lipinski definition) is 3. The van der Waals surface area contributed by atoms with Gasteiger partial charge < -0.3 is 15.0 Å². The van der Waals surface area contributed by atoms with Gasteiger partial charge in [-0.05, 0) is 40.3 Å². The summed E-state index contributed by atoms with van der Waals surface area (Å²) in [5.74, 6) is 0. The molecule has 1 rings (SSSR count). The van der Waals surface area contributed by atoms with Crippen LogP contribution in [-0.2, 0) is 4.74 Å². The number of nitrogens with one attached hydrogen (secondary N) is 1. The Bertz CT molecular complexity index is 144. The monoisotopic (exact) mass is 200 g/mol. The maximum atomic E-state index is 5.51. The average Bonchev–Trinajstić information content (AvgIpc) is 2.56. The minimum absolute atomic E-state index is 0.355. The first-order valence-corrected chi connectivity index (χ1v) is 5.72. The largest absolute Gasteiger partial charge is 0.377 e. The van der Waals surface area contributed by atoms with Crippen LogP contribution in [0.2, 0.25) is 0 Å². The van der Waals surface area contributed by atoms with Gasteiger partial charge in [0.2, 0.25) is 0 Å². The molecule has 1 saturated heterocycles. The van der Waals surface area contributed by atoms with Crippen molar-refractivity contribution in [2.75, 3.05) is 33.3 Å². The third kappa shape index (κ3) is 4.94. The van der Waals surface area contributed by atoms with Gasteiger partial charge >= 0.3 is 0 Å². The lowest BCUT2D eigenvalue weighted by atomic mass is 10.2. The number of nitrogens with zero attached hydrogens (tertiary/aromatic N) is 1. The van der Waals surface area contributed by atoms with E-state index in [9.17, 15) is 0 Å². The minimum atomic E-state index is 0.355. The van der Waals surface area contributed by atoms with Crippen LogP contribution in [0.3, 0.4) is 0 Å². The van der Waals surface area contributed by atoms with Crippen molar-refractivity contribution in [3.8, 4) is 0 Å². The van der Waals surface area contributed by atoms with E-state index in [2.05, 4.69) is 31.1 Å². The molecule has 1 aliphatic rings. The maximum absolute atomic E-state index is 5.51. The van der Waals surface area contributed by atoms with Crippen LogP contribution in [0.15, 0.2) is 0 Å². The normalized spacial score (nSPS) is 22.5. The van der Waals surface area contributed by atoms with Crippen molar-refractivity contribution in [3.05, 3.63) is 0 Å². The van der Waals surface area contributed by atoms with Gasteiger partial charge in [-0.1, -0.05) is 0 Å². The van der Waals surface area contributed by atoms with Crippen LogP contribution in [0, 0.1) is 0 Å². The van der Waals surface area contributed by atoms with Gasteiger partial charge in [-0.2, -0.15) is 0 Å². The van der Waals surface area contributed by atoms with Crippen molar-refractivity contribution in [1.29, 1.82) is 0 Å². The molecule has 3 heteroatoms. The van der Waals surface area contributed by atoms with Crippen molar-refractivity contribution in [2.24, 2.45) is 0 Å². The van der Waals surface area contributed by atoms with E-state index in [1.807, 2.05) is 0 Å². The van der Waals surface area contributed by atoms with Gasteiger partial charge in [0, 0.05) is 19.1 Å². The average molecular weight is 200 g/mol. The Morgan fingerprint density at radius 3 is 2.86 bits per heavy atom. The molecule has 0 aliphatic carbocycles. The molecule has 1 unspecified atom stereocenters. The van der Waals surface area contributed by atoms with E-state index in [-0.39, 0.29) is 0 Å². The highest BCUT2D eigenvalue weighted by atomic mass is 16.5. The van der Waals surface area contributed by atoms with Crippen LogP contribution in [0.4, 0.5) is 0 Å². The molecule has 0 bridgehead atoms. The van der Waals surface area contributed by atoms with Gasteiger partial charge in [0.1, 0.15) is 0 Å². The Morgan fingerprint density at radius 2 is 2.29 bits per heavy atom. The fourth-order valence-corrected chi connectivity index (χ4v) is 1.82. The van der Waals surface area contributed by atoms with Gasteiger partial charge in [-0.25, -0.2) is 0 Å². The summed E-state index contributed by atoms with van der Waals surface area (Å²) in [7, 11) is 2.17. The molecule has 0 spiro atoms. The zero-order valence-corrected chi connectivity index (χ0v) is 9.75. The fourth-order valence-electron chi connectivity index (χ4n) is 1.82. The van der Waals surface area contributed by atoms with E-state index in [1.165, 1.54) is 19.4 Å². The Kier molecular flexibility index (Phi) is 5.45. The molecule has 84 valence electrons. The molecule has 3 nitrogen and oxygen atoms in total. The SMILES string of the molecule is CC(C)OCCN(C)CC1CCCN1. The molecule has 0 aromatic heterocycles. The Morgan fingerprint density at radius 1 is 1.50 bits per heavy atom. The summed E-state index contributed by atoms with van der Waals surface area (Å²) in [5.41, 5.74) is 0. The second-order valence-corrected chi connectivity index (χ2v) is 4.48. The van der Waals surface area contributed by atoms with Crippen LogP contribution in [0.25, 0.3) is 0 Å². The lowest BCUT2D eigenvalue weighted by molar-refractivity contribution is 0.0626. The third-order valence-electron chi connectivity index (χ3n) is 2.62. The number of hydrogen-bond donors (Lipinski definition) is 1. The minimum Gasteiger partial charge on any atom is -0.377 e. The number of likely N-dealkylation sites (N-methyl/N-ethyl adjacent to an activating group) is 1. The van der Waals surface area contributed by atoms with Crippen LogP contribution < -0.4 is 5.32 Å². The molecular weight excluding hydrogens is 176 g/mol. The Labute approximate surface area is 87.8 Å². The van der Waals surface area contributed by atoms with Crippen molar-refractivity contribution >= 4 is 0 Å². The van der Waals surface area contributed by atoms with Crippen molar-refractivity contribution in [2.45, 2.75) is 38.8 Å². The number of rotatable bonds is 6. The molecule has 0 aromatic rings. The van der Waals surface area contributed by atoms with Gasteiger partial charge in [0.15, 0.2) is 0 Å². The second kappa shape index (κ2) is 6.38. The topological polar surface area (TPSA) is 24.5 Å². The molecule has 1 heterocycles. The lowest BCUT2D eigenvalue weighted by Gasteiger charge is -2.21. The zero-order chi connectivity index (χ0) is 10.4. The van der Waals surface area contributed by atoms with E-state index < -0.39 is 0 Å². The molecule has 1 fully saturated rings. The van der Waals surface area contributed by atoms with Crippen LogP contribution in [-0.4, -0.2) is 50.3 Å². The van der Waals surface area contributed by atoms with Gasteiger partial charge in [-0.3, -0.25) is 0 Å². The smallest absolute Gasteiger partial charge is 0.0596 e. The van der Waals surface area contributed by atoms with E-state index in [0.717, 1.165) is 19.7 Å². The summed E-state index contributed by atoms with van der Waals surface area (Å²) >= 11 is 0. The van der Waals surface area contributed by atoms with Crippen molar-refractivity contribution in [1.82, 2.24) is 10.2 Å². The molecule has 0 amide bonds. The molecule has 0 radical (unpaired) electrons. The predicted octanol–water partition coefficient (Wildman–Crippen LogP) is 1.10. The van der Waals surface area contributed by atoms with E-state index >= 15 is 0 Å². The summed E-state index contributed by atoms with van der Waals surface area (Å²) < 4.78 is 5.51. The highest BCUT2D eigenvalue weighted by molar-refractivity contribution is 4.76. The third-order valence-corrected chi connectivity index (χ3v) is 2.62. The summed E-state index contributed by atoms with van der Waals surface area (Å²) in [6.07, 6.45) is 3.02. The Balaban J connectivity index is 2.00. The predicted molar refractivity (Wildman–Crippen MR) is 59.6 cm³/mol. The van der Waals surface area contributed by atoms with Crippen molar-refractivity contribution < 1.29 is 4.74 Å². The van der Waals surface area contributed by atoms with Crippen LogP contribution in [0.1, 0.15) is 26.7 Å². The first-order valence-electron chi connectivity index (χ1n) is 5.72. The highest BCUT2D eigenvalue weighted by Gasteiger charge is 2.15. The highest BCUT2D eigenvalue weighted by Crippen LogP contribution is 2.05. The van der Waals surface area contributed by atoms with Gasteiger partial charge in [0.25, 0.3) is 0 Å². The summed E-state index contributed by atoms with van der Waals surface area (Å²) in [6.45, 7) is 8.40. The van der Waals surface area contributed by atoms with Gasteiger partial charge in [0.05, 0.1) is 12.7 Å². The first-order chi connectivity index (χ1) is 6.68. The zero-order valence-electron chi connectivity index (χ0n) is 9.75. The van der Waals surface area contributed by atoms with E-state index in [0.29, 0.717) is 12.1 Å². The quantitative estimate of drug-likeness (QED) is 0.695. The van der Waals surface area contributed by atoms with E-state index in [1.54, 1.807) is 0 Å². The number of ether oxygens (including phenoxy) is 1. The molecular formula is C11H24N2O. The molecule has 0 aromatic carbocycles. The standard InChI is InChI=1S/C11H24N2O/c1-10(2)14-8-7-13(3)9-11-5-4-6-12-11/h10-12H,4-9H2,1-3H3. The molecule has 1 atom stereocenters. The fraction of sp³-hybridized carbons (Fsp3) is 1.00. The van der Waals surface area contributed by atoms with Crippen LogP contribution in [0.5, 0.6) is 0 Å². The second-order valence-electron chi connectivity index (χ2n) is 4.48. The lowest BCUT2D eigenvalue weighted by Crippen LogP contribution is -2.37. The first kappa shape index (κ1) is 12.0. The Hall–Kier alpha value is -0.120. The van der Waals surface area contributed by atoms with Crippen LogP contribution >= 0.6 is 0 Å².